The summed E-state index contributed by atoms with van der Waals surface area (Å²) in [5, 5.41) is 0. The smallest absolute Gasteiger partial charge is 0.159 e. The van der Waals surface area contributed by atoms with Gasteiger partial charge in [-0.25, -0.2) is 0 Å². The number of unbranched alkanes of at least 4 members (excludes halogenated alkanes) is 4. The summed E-state index contributed by atoms with van der Waals surface area (Å²) in [6.45, 7) is 2.26. The number of hydrogen-bond acceptors (Lipinski definition) is 4. The van der Waals surface area contributed by atoms with E-state index in [4.69, 9.17) is 19.2 Å². The zero-order chi connectivity index (χ0) is 10.7. The van der Waals surface area contributed by atoms with Crippen LogP contribution in [0.15, 0.2) is 0 Å². The molecule has 0 radical (unpaired) electrons. The van der Waals surface area contributed by atoms with Gasteiger partial charge in [-0.1, -0.05) is 0 Å². The van der Waals surface area contributed by atoms with Crippen molar-refractivity contribution < 1.29 is 58.0 Å². The van der Waals surface area contributed by atoms with Crippen LogP contribution in [0.5, 0.6) is 0 Å². The second kappa shape index (κ2) is 11.5. The van der Waals surface area contributed by atoms with Gasteiger partial charge in [-0.2, -0.15) is 7.82 Å². The molecule has 0 N–H and O–H groups in total. The second-order valence-electron chi connectivity index (χ2n) is 2.61. The molecule has 0 aromatic heterocycles. The van der Waals surface area contributed by atoms with Crippen molar-refractivity contribution in [2.75, 3.05) is 0 Å². The summed E-state index contributed by atoms with van der Waals surface area (Å²) in [7, 11) is -5.39. The van der Waals surface area contributed by atoms with Crippen molar-refractivity contribution in [3.05, 3.63) is 0 Å². The van der Waals surface area contributed by atoms with Gasteiger partial charge in [0.25, 0.3) is 0 Å². The molecule has 0 bridgehead atoms. The van der Waals surface area contributed by atoms with E-state index in [0.717, 1.165) is 0 Å². The van der Waals surface area contributed by atoms with E-state index in [1.165, 1.54) is 72.9 Å². The second-order valence-corrected chi connectivity index (χ2v) is 5.11. The summed E-state index contributed by atoms with van der Waals surface area (Å²) in [5.41, 5.74) is 0. The van der Waals surface area contributed by atoms with Gasteiger partial charge in [0.15, 0.2) is 0 Å². The van der Waals surface area contributed by atoms with E-state index in [9.17, 15) is 0 Å². The molecule has 76 valence electrons. The first-order valence-electron chi connectivity index (χ1n) is 4.29. The molecule has 0 aromatic carbocycles. The van der Waals surface area contributed by atoms with Crippen molar-refractivity contribution in [2.45, 2.75) is 41.1 Å². The van der Waals surface area contributed by atoms with Gasteiger partial charge < -0.3 is 19.2 Å². The van der Waals surface area contributed by atoms with Crippen molar-refractivity contribution in [1.29, 1.82) is 0 Å². The molecular formula is C7H15NdO4P. The Morgan fingerprint density at radius 2 is 1.46 bits per heavy atom. The molecular weight excluding hydrogens is 323 g/mol. The largest absolute Gasteiger partial charge is 0.822 e. The van der Waals surface area contributed by atoms with Gasteiger partial charge in [-0.3, -0.25) is 0 Å². The quantitative estimate of drug-likeness (QED) is 0.525. The maximum Gasteiger partial charge on any atom is -0.159 e. The zero-order valence-electron chi connectivity index (χ0n) is 7.82. The Balaban J connectivity index is 0. The van der Waals surface area contributed by atoms with Crippen LogP contribution in [0.2, 0.25) is 2.07 Å². The SMILES string of the molecule is CCCCCC[CH2][Nd+3].O=P([O-])([O-])[O-]. The van der Waals surface area contributed by atoms with Crippen molar-refractivity contribution in [1.82, 2.24) is 0 Å². The number of hydrogen-bond donors (Lipinski definition) is 0. The Bertz CT molecular complexity index is 122. The van der Waals surface area contributed by atoms with Crippen LogP contribution in [0.4, 0.5) is 0 Å². The van der Waals surface area contributed by atoms with Gasteiger partial charge in [-0.05, 0) is 0 Å². The third-order valence-electron chi connectivity index (χ3n) is 1.28. The van der Waals surface area contributed by atoms with Crippen molar-refractivity contribution in [3.8, 4) is 0 Å². The van der Waals surface area contributed by atoms with Gasteiger partial charge in [0, 0.05) is 0 Å². The summed E-state index contributed by atoms with van der Waals surface area (Å²) >= 11 is 1.41. The van der Waals surface area contributed by atoms with Crippen molar-refractivity contribution >= 4 is 7.82 Å². The molecule has 0 atom stereocenters. The van der Waals surface area contributed by atoms with E-state index in [1.54, 1.807) is 0 Å². The van der Waals surface area contributed by atoms with Crippen LogP contribution < -0.4 is 14.7 Å². The first-order valence-corrected chi connectivity index (χ1v) is 8.02. The molecule has 6 heteroatoms. The molecule has 0 fully saturated rings. The molecule has 4 nitrogen and oxygen atoms in total. The van der Waals surface area contributed by atoms with Crippen LogP contribution in [0.25, 0.3) is 0 Å². The van der Waals surface area contributed by atoms with Crippen molar-refractivity contribution in [2.24, 2.45) is 0 Å². The molecule has 0 aliphatic rings. The normalized spacial score (nSPS) is 10.6. The molecule has 13 heavy (non-hydrogen) atoms. The molecule has 0 heterocycles. The van der Waals surface area contributed by atoms with Gasteiger partial charge in [0.2, 0.25) is 0 Å². The maximum absolute atomic E-state index is 8.55. The standard InChI is InChI=1S/C7H15.Nd.H3O4P/c1-3-5-7-6-4-2;;1-5(2,3)4/h1,3-7H2,2H3;;(H3,1,2,3,4)/q;+3;/p-3. The van der Waals surface area contributed by atoms with Crippen LogP contribution in [0, 0.1) is 38.8 Å². The zero-order valence-corrected chi connectivity index (χ0v) is 11.9. The molecule has 0 rings (SSSR count). The molecule has 0 aliphatic carbocycles. The van der Waals surface area contributed by atoms with Gasteiger partial charge >= 0.3 is 79.9 Å². The van der Waals surface area contributed by atoms with Crippen LogP contribution in [-0.4, -0.2) is 0 Å². The minimum Gasteiger partial charge on any atom is -0.822 e. The van der Waals surface area contributed by atoms with Crippen LogP contribution >= 0.6 is 7.82 Å². The minimum atomic E-state index is -5.39. The number of rotatable bonds is 5. The number of phosphoric acid groups is 1. The predicted octanol–water partition coefficient (Wildman–Crippen LogP) is 0.0998. The first kappa shape index (κ1) is 16.9. The van der Waals surface area contributed by atoms with E-state index in [-0.39, 0.29) is 0 Å². The molecule has 0 amide bonds. The third-order valence-corrected chi connectivity index (χ3v) is 2.41. The van der Waals surface area contributed by atoms with Gasteiger partial charge in [0.05, 0.1) is 0 Å². The van der Waals surface area contributed by atoms with Crippen LogP contribution in [0.1, 0.15) is 39.0 Å². The van der Waals surface area contributed by atoms with Crippen molar-refractivity contribution in [3.63, 3.8) is 0 Å². The Labute approximate surface area is 106 Å². The fourth-order valence-electron chi connectivity index (χ4n) is 0.729. The van der Waals surface area contributed by atoms with Crippen LogP contribution in [0.3, 0.4) is 0 Å². The first-order chi connectivity index (χ1) is 5.91. The fraction of sp³-hybridized carbons (Fsp3) is 1.00. The third kappa shape index (κ3) is 42.4. The molecule has 0 saturated carbocycles. The van der Waals surface area contributed by atoms with E-state index < -0.39 is 7.82 Å². The van der Waals surface area contributed by atoms with E-state index in [1.807, 2.05) is 0 Å². The van der Waals surface area contributed by atoms with E-state index in [2.05, 4.69) is 6.92 Å². The van der Waals surface area contributed by atoms with Gasteiger partial charge in [0.1, 0.15) is 0 Å². The van der Waals surface area contributed by atoms with E-state index in [0.29, 0.717) is 0 Å². The Kier molecular flexibility index (Phi) is 15.0. The average molecular weight is 338 g/mol. The average Bonchev–Trinajstić information content (AvgIpc) is 1.95. The van der Waals surface area contributed by atoms with Gasteiger partial charge in [-0.15, -0.1) is 0 Å². The molecule has 0 saturated heterocycles. The molecule has 0 aromatic rings. The Morgan fingerprint density at radius 3 is 1.77 bits per heavy atom. The molecule has 0 unspecified atom stereocenters. The molecule has 0 aliphatic heterocycles. The Hall–Kier alpha value is 1.46. The topological polar surface area (TPSA) is 86.2 Å². The maximum atomic E-state index is 8.55. The minimum absolute atomic E-state index is 1.38. The summed E-state index contributed by atoms with van der Waals surface area (Å²) in [6, 6.07) is 0. The van der Waals surface area contributed by atoms with E-state index >= 15 is 0 Å². The Morgan fingerprint density at radius 1 is 1.08 bits per heavy atom. The fourth-order valence-corrected chi connectivity index (χ4v) is 1.53. The monoisotopic (exact) mass is 336 g/mol. The summed E-state index contributed by atoms with van der Waals surface area (Å²) in [4.78, 5) is 25.6. The summed E-state index contributed by atoms with van der Waals surface area (Å²) in [6.07, 6.45) is 7.27. The summed E-state index contributed by atoms with van der Waals surface area (Å²) < 4.78 is 10.1. The summed E-state index contributed by atoms with van der Waals surface area (Å²) in [5.74, 6) is 0. The molecule has 0 spiro atoms. The predicted molar refractivity (Wildman–Crippen MR) is 41.2 cm³/mol. The van der Waals surface area contributed by atoms with Crippen LogP contribution in [-0.2, 0) is 4.57 Å².